The van der Waals surface area contributed by atoms with Gasteiger partial charge in [0.05, 0.1) is 11.8 Å². The van der Waals surface area contributed by atoms with Crippen molar-refractivity contribution in [3.05, 3.63) is 36.4 Å². The number of anilines is 1. The molecule has 0 unspecified atom stereocenters. The quantitative estimate of drug-likeness (QED) is 0.408. The molecule has 4 heteroatoms. The zero-order valence-electron chi connectivity index (χ0n) is 18.8. The second-order valence-corrected chi connectivity index (χ2v) is 12.2. The first-order valence-corrected chi connectivity index (χ1v) is 13.2. The molecule has 166 valence electrons. The van der Waals surface area contributed by atoms with Gasteiger partial charge in [-0.05, 0) is 118 Å². The van der Waals surface area contributed by atoms with E-state index in [1.54, 1.807) is 0 Å². The molecule has 7 rings (SSSR count). The van der Waals surface area contributed by atoms with E-state index in [9.17, 15) is 5.11 Å². The van der Waals surface area contributed by atoms with Crippen LogP contribution in [0.3, 0.4) is 0 Å². The first kappa shape index (κ1) is 20.4. The summed E-state index contributed by atoms with van der Waals surface area (Å²) in [4.78, 5) is 3.79. The molecule has 4 bridgehead atoms. The van der Waals surface area contributed by atoms with Gasteiger partial charge >= 0.3 is 0 Å². The van der Waals surface area contributed by atoms with E-state index in [1.807, 2.05) is 11.9 Å². The lowest BCUT2D eigenvalue weighted by Gasteiger charge is -2.58. The van der Waals surface area contributed by atoms with Gasteiger partial charge in [0.25, 0.3) is 0 Å². The van der Waals surface area contributed by atoms with Crippen molar-refractivity contribution < 1.29 is 5.11 Å². The summed E-state index contributed by atoms with van der Waals surface area (Å²) in [5, 5.41) is 14.0. The number of aliphatic hydroxyl groups excluding tert-OH is 1. The molecule has 0 aromatic heterocycles. The van der Waals surface area contributed by atoms with Gasteiger partial charge in [-0.25, -0.2) is 0 Å². The van der Waals surface area contributed by atoms with Crippen molar-refractivity contribution in [1.82, 2.24) is 4.90 Å². The summed E-state index contributed by atoms with van der Waals surface area (Å²) < 4.78 is 2.47. The second kappa shape index (κ2) is 7.97. The predicted molar refractivity (Wildman–Crippen MR) is 130 cm³/mol. The third-order valence-electron chi connectivity index (χ3n) is 8.75. The van der Waals surface area contributed by atoms with Gasteiger partial charge in [0.1, 0.15) is 0 Å². The lowest BCUT2D eigenvalue weighted by Crippen LogP contribution is -2.54. The largest absolute Gasteiger partial charge is 0.391 e. The van der Waals surface area contributed by atoms with Crippen LogP contribution in [0.5, 0.6) is 0 Å². The zero-order chi connectivity index (χ0) is 21.0. The van der Waals surface area contributed by atoms with Crippen LogP contribution < -0.4 is 4.31 Å². The van der Waals surface area contributed by atoms with Crippen molar-refractivity contribution >= 4 is 28.4 Å². The topological polar surface area (TPSA) is 26.7 Å². The van der Waals surface area contributed by atoms with Crippen LogP contribution in [-0.4, -0.2) is 42.8 Å². The van der Waals surface area contributed by atoms with Crippen molar-refractivity contribution in [1.29, 1.82) is 0 Å². The Morgan fingerprint density at radius 1 is 1.03 bits per heavy atom. The smallest absolute Gasteiger partial charge is 0.0723 e. The number of rotatable bonds is 8. The molecule has 0 saturated heterocycles. The Hall–Kier alpha value is -1.23. The number of nitrogens with zero attached hydrogens (tertiary/aromatic N) is 2. The fourth-order valence-electron chi connectivity index (χ4n) is 7.71. The van der Waals surface area contributed by atoms with Crippen molar-refractivity contribution in [2.75, 3.05) is 31.0 Å². The molecule has 0 spiro atoms. The van der Waals surface area contributed by atoms with Crippen LogP contribution in [-0.2, 0) is 0 Å². The van der Waals surface area contributed by atoms with E-state index in [4.69, 9.17) is 0 Å². The second-order valence-electron chi connectivity index (χ2n) is 11.1. The maximum Gasteiger partial charge on any atom is 0.0723 e. The van der Waals surface area contributed by atoms with E-state index >= 15 is 0 Å². The Labute approximate surface area is 191 Å². The molecule has 4 fully saturated rings. The summed E-state index contributed by atoms with van der Waals surface area (Å²) in [6.07, 6.45) is 10.5. The van der Waals surface area contributed by atoms with Gasteiger partial charge < -0.3 is 14.3 Å². The van der Waals surface area contributed by atoms with Gasteiger partial charge in [0.15, 0.2) is 0 Å². The molecule has 4 saturated carbocycles. The van der Waals surface area contributed by atoms with Crippen LogP contribution in [0.15, 0.2) is 41.3 Å². The SMILES string of the molecule is CN(CCCCN1Sc2cccc3cccc1c23)C[C@H](O)C12CC3CC(CC(C3)C1)C2. The maximum atomic E-state index is 11.2. The van der Waals surface area contributed by atoms with Gasteiger partial charge in [-0.2, -0.15) is 0 Å². The third kappa shape index (κ3) is 3.69. The van der Waals surface area contributed by atoms with Gasteiger partial charge in [-0.15, -0.1) is 0 Å². The highest BCUT2D eigenvalue weighted by Crippen LogP contribution is 2.61. The van der Waals surface area contributed by atoms with Crippen molar-refractivity contribution in [3.8, 4) is 0 Å². The van der Waals surface area contributed by atoms with Gasteiger partial charge in [-0.3, -0.25) is 0 Å². The molecule has 4 aliphatic carbocycles. The zero-order valence-corrected chi connectivity index (χ0v) is 19.6. The highest BCUT2D eigenvalue weighted by Gasteiger charge is 2.53. The molecule has 2 aromatic rings. The highest BCUT2D eigenvalue weighted by atomic mass is 32.2. The minimum atomic E-state index is -0.132. The molecule has 1 atom stereocenters. The monoisotopic (exact) mass is 436 g/mol. The van der Waals surface area contributed by atoms with E-state index in [1.165, 1.54) is 72.7 Å². The van der Waals surface area contributed by atoms with Gasteiger partial charge in [0.2, 0.25) is 0 Å². The van der Waals surface area contributed by atoms with Crippen LogP contribution >= 0.6 is 11.9 Å². The Kier molecular flexibility index (Phi) is 5.24. The molecule has 1 aliphatic heterocycles. The minimum Gasteiger partial charge on any atom is -0.391 e. The average Bonchev–Trinajstić information content (AvgIpc) is 3.10. The fourth-order valence-corrected chi connectivity index (χ4v) is 8.87. The van der Waals surface area contributed by atoms with Crippen LogP contribution in [0.25, 0.3) is 10.8 Å². The van der Waals surface area contributed by atoms with Crippen LogP contribution in [0.1, 0.15) is 51.4 Å². The van der Waals surface area contributed by atoms with E-state index in [0.717, 1.165) is 37.4 Å². The number of benzene rings is 2. The summed E-state index contributed by atoms with van der Waals surface area (Å²) in [5.74, 6) is 2.74. The van der Waals surface area contributed by atoms with Crippen LogP contribution in [0.2, 0.25) is 0 Å². The van der Waals surface area contributed by atoms with Crippen LogP contribution in [0, 0.1) is 23.2 Å². The van der Waals surface area contributed by atoms with Crippen molar-refractivity contribution in [2.24, 2.45) is 23.2 Å². The van der Waals surface area contributed by atoms with Crippen molar-refractivity contribution in [3.63, 3.8) is 0 Å². The standard InChI is InChI=1S/C27H36N2OS/c1-28(18-25(30)27-15-19-12-20(16-27)14-21(13-19)17-27)10-2-3-11-29-23-8-4-6-22-7-5-9-24(31-29)26(22)23/h4-9,19-21,25,30H,2-3,10-18H2,1H3/t19?,20?,21?,25-,27?/m0/s1. The number of likely N-dealkylation sites (N-methyl/N-ethyl adjacent to an activating group) is 1. The van der Waals surface area contributed by atoms with Crippen LogP contribution in [0.4, 0.5) is 5.69 Å². The molecule has 1 heterocycles. The lowest BCUT2D eigenvalue weighted by atomic mass is 9.48. The molecule has 31 heavy (non-hydrogen) atoms. The fraction of sp³-hybridized carbons (Fsp3) is 0.630. The normalized spacial score (nSPS) is 31.8. The number of hydrogen-bond donors (Lipinski definition) is 1. The van der Waals surface area contributed by atoms with Gasteiger partial charge in [0, 0.05) is 23.4 Å². The summed E-state index contributed by atoms with van der Waals surface area (Å²) in [5.41, 5.74) is 1.63. The minimum absolute atomic E-state index is 0.132. The molecule has 1 N–H and O–H groups in total. The molecule has 5 aliphatic rings. The Morgan fingerprint density at radius 2 is 1.71 bits per heavy atom. The first-order valence-electron chi connectivity index (χ1n) is 12.4. The maximum absolute atomic E-state index is 11.2. The Bertz CT molecular complexity index is 919. The molecule has 2 aromatic carbocycles. The lowest BCUT2D eigenvalue weighted by molar-refractivity contribution is -0.125. The van der Waals surface area contributed by atoms with E-state index < -0.39 is 0 Å². The summed E-state index contributed by atoms with van der Waals surface area (Å²) in [6.45, 7) is 3.03. The van der Waals surface area contributed by atoms with E-state index in [-0.39, 0.29) is 11.5 Å². The van der Waals surface area contributed by atoms with E-state index in [0.29, 0.717) is 0 Å². The summed E-state index contributed by atoms with van der Waals surface area (Å²) >= 11 is 1.90. The van der Waals surface area contributed by atoms with Gasteiger partial charge in [-0.1, -0.05) is 24.3 Å². The third-order valence-corrected chi connectivity index (χ3v) is 9.89. The number of hydrogen-bond acceptors (Lipinski definition) is 4. The number of aliphatic hydroxyl groups is 1. The first-order chi connectivity index (χ1) is 15.1. The molecule has 3 nitrogen and oxygen atoms in total. The summed E-state index contributed by atoms with van der Waals surface area (Å²) in [6, 6.07) is 13.3. The number of unbranched alkanes of at least 4 members (excludes halogenated alkanes) is 1. The highest BCUT2D eigenvalue weighted by molar-refractivity contribution is 8.01. The van der Waals surface area contributed by atoms with E-state index in [2.05, 4.69) is 52.7 Å². The Balaban J connectivity index is 0.993. The molecular weight excluding hydrogens is 400 g/mol. The molecule has 0 radical (unpaired) electrons. The average molecular weight is 437 g/mol. The molecular formula is C27H36N2OS. The summed E-state index contributed by atoms with van der Waals surface area (Å²) in [7, 11) is 2.21. The molecule has 0 amide bonds. The predicted octanol–water partition coefficient (Wildman–Crippen LogP) is 5.96. The Morgan fingerprint density at radius 3 is 2.42 bits per heavy atom. The van der Waals surface area contributed by atoms with Crippen molar-refractivity contribution in [2.45, 2.75) is 62.4 Å².